The number of hydrogen-bond acceptors (Lipinski definition) is 2. The zero-order valence-electron chi connectivity index (χ0n) is 14.0. The molecule has 3 nitrogen and oxygen atoms in total. The number of nitrogens with zero attached hydrogens (tertiary/aromatic N) is 1. The lowest BCUT2D eigenvalue weighted by Gasteiger charge is -2.51. The fourth-order valence-electron chi connectivity index (χ4n) is 3.78. The maximum absolute atomic E-state index is 11.9. The Hall–Kier alpha value is -1.51. The van der Waals surface area contributed by atoms with E-state index in [-0.39, 0.29) is 11.5 Å². The molecule has 1 aliphatic heterocycles. The fraction of sp³-hybridized carbons (Fsp3) is 0.611. The number of carboxylic acid groups (broad SMARTS) is 1. The molecular weight excluding hydrogens is 262 g/mol. The van der Waals surface area contributed by atoms with Crippen LogP contribution in [0.2, 0.25) is 0 Å². The molecule has 0 aliphatic carbocycles. The maximum Gasteiger partial charge on any atom is 0.326 e. The van der Waals surface area contributed by atoms with Gasteiger partial charge in [0.15, 0.2) is 0 Å². The summed E-state index contributed by atoms with van der Waals surface area (Å²) in [5.74, 6) is -0.225. The summed E-state index contributed by atoms with van der Waals surface area (Å²) in [6.07, 6.45) is 0.972. The van der Waals surface area contributed by atoms with E-state index in [1.165, 1.54) is 11.1 Å². The van der Waals surface area contributed by atoms with Crippen molar-refractivity contribution >= 4 is 11.7 Å². The van der Waals surface area contributed by atoms with Crippen LogP contribution in [0.25, 0.3) is 0 Å². The Morgan fingerprint density at radius 3 is 2.52 bits per heavy atom. The zero-order valence-corrected chi connectivity index (χ0v) is 14.0. The van der Waals surface area contributed by atoms with Crippen LogP contribution in [-0.2, 0) is 4.79 Å². The smallest absolute Gasteiger partial charge is 0.326 e. The highest BCUT2D eigenvalue weighted by molar-refractivity contribution is 5.80. The van der Waals surface area contributed by atoms with Crippen molar-refractivity contribution in [3.63, 3.8) is 0 Å². The summed E-state index contributed by atoms with van der Waals surface area (Å²) < 4.78 is 0. The molecular formula is C18H27NO2. The highest BCUT2D eigenvalue weighted by Gasteiger charge is 2.43. The van der Waals surface area contributed by atoms with E-state index in [2.05, 4.69) is 50.8 Å². The van der Waals surface area contributed by atoms with E-state index in [4.69, 9.17) is 0 Å². The number of rotatable bonds is 3. The van der Waals surface area contributed by atoms with Gasteiger partial charge in [0.05, 0.1) is 0 Å². The average Bonchev–Trinajstić information content (AvgIpc) is 2.32. The second-order valence-electron chi connectivity index (χ2n) is 7.38. The lowest BCUT2D eigenvalue weighted by atomic mass is 9.78. The monoisotopic (exact) mass is 289 g/mol. The van der Waals surface area contributed by atoms with Gasteiger partial charge in [-0.15, -0.1) is 0 Å². The lowest BCUT2D eigenvalue weighted by Crippen LogP contribution is -2.58. The van der Waals surface area contributed by atoms with Crippen LogP contribution in [0.4, 0.5) is 5.69 Å². The van der Waals surface area contributed by atoms with Gasteiger partial charge in [-0.05, 0) is 56.2 Å². The van der Waals surface area contributed by atoms with Crippen LogP contribution in [-0.4, -0.2) is 22.7 Å². The van der Waals surface area contributed by atoms with Crippen molar-refractivity contribution in [3.8, 4) is 0 Å². The number of hydrogen-bond donors (Lipinski definition) is 1. The number of aryl methyl sites for hydroxylation is 1. The second kappa shape index (κ2) is 5.36. The molecule has 0 aromatic heterocycles. The molecule has 2 atom stereocenters. The second-order valence-corrected chi connectivity index (χ2v) is 7.38. The number of fused-ring (bicyclic) bond motifs is 1. The average molecular weight is 289 g/mol. The van der Waals surface area contributed by atoms with Crippen LogP contribution in [0.5, 0.6) is 0 Å². The molecule has 1 aromatic carbocycles. The van der Waals surface area contributed by atoms with E-state index in [0.717, 1.165) is 12.1 Å². The van der Waals surface area contributed by atoms with E-state index in [0.29, 0.717) is 5.92 Å². The van der Waals surface area contributed by atoms with Crippen LogP contribution < -0.4 is 4.90 Å². The molecule has 3 heteroatoms. The minimum Gasteiger partial charge on any atom is -0.480 e. The Morgan fingerprint density at radius 2 is 2.00 bits per heavy atom. The third-order valence-electron chi connectivity index (χ3n) is 4.60. The summed E-state index contributed by atoms with van der Waals surface area (Å²) in [7, 11) is 0. The molecule has 0 amide bonds. The van der Waals surface area contributed by atoms with Gasteiger partial charge in [-0.3, -0.25) is 0 Å². The minimum atomic E-state index is -0.736. The Kier molecular flexibility index (Phi) is 4.05. The standard InChI is InChI=1S/C18H27NO2/c1-11(2)16(17(20)21)19-15-9-12(3)7-8-14(15)13(4)10-18(19,5)6/h7-9,11,13,16H,10H2,1-6H3,(H,20,21)/t13-,16-/m0/s1. The van der Waals surface area contributed by atoms with E-state index in [9.17, 15) is 9.90 Å². The van der Waals surface area contributed by atoms with Crippen molar-refractivity contribution in [1.82, 2.24) is 0 Å². The van der Waals surface area contributed by atoms with Crippen molar-refractivity contribution in [1.29, 1.82) is 0 Å². The van der Waals surface area contributed by atoms with Gasteiger partial charge in [-0.2, -0.15) is 0 Å². The van der Waals surface area contributed by atoms with Gasteiger partial charge < -0.3 is 10.0 Å². The third kappa shape index (κ3) is 2.78. The highest BCUT2D eigenvalue weighted by atomic mass is 16.4. The molecule has 1 heterocycles. The van der Waals surface area contributed by atoms with Crippen LogP contribution in [0.15, 0.2) is 18.2 Å². The third-order valence-corrected chi connectivity index (χ3v) is 4.60. The SMILES string of the molecule is Cc1ccc2c(c1)N([C@H](C(=O)O)C(C)C)C(C)(C)C[C@@H]2C. The van der Waals surface area contributed by atoms with Gasteiger partial charge in [0.25, 0.3) is 0 Å². The summed E-state index contributed by atoms with van der Waals surface area (Å²) in [5, 5.41) is 9.75. The fourth-order valence-corrected chi connectivity index (χ4v) is 3.78. The normalized spacial score (nSPS) is 22.0. The summed E-state index contributed by atoms with van der Waals surface area (Å²) in [5.41, 5.74) is 3.39. The number of anilines is 1. The van der Waals surface area contributed by atoms with Gasteiger partial charge in [-0.1, -0.05) is 32.9 Å². The van der Waals surface area contributed by atoms with Crippen LogP contribution in [0, 0.1) is 12.8 Å². The van der Waals surface area contributed by atoms with Gasteiger partial charge >= 0.3 is 5.97 Å². The number of carboxylic acids is 1. The first kappa shape index (κ1) is 15.9. The molecule has 21 heavy (non-hydrogen) atoms. The first-order valence-corrected chi connectivity index (χ1v) is 7.78. The van der Waals surface area contributed by atoms with Crippen LogP contribution in [0.3, 0.4) is 0 Å². The maximum atomic E-state index is 11.9. The predicted octanol–water partition coefficient (Wildman–Crippen LogP) is 4.20. The molecule has 1 N–H and O–H groups in total. The first-order chi connectivity index (χ1) is 9.65. The topological polar surface area (TPSA) is 40.5 Å². The Morgan fingerprint density at radius 1 is 1.38 bits per heavy atom. The summed E-state index contributed by atoms with van der Waals surface area (Å²) >= 11 is 0. The quantitative estimate of drug-likeness (QED) is 0.906. The first-order valence-electron chi connectivity index (χ1n) is 7.78. The molecule has 0 saturated carbocycles. The Labute approximate surface area is 128 Å². The van der Waals surface area contributed by atoms with Crippen LogP contribution >= 0.6 is 0 Å². The highest BCUT2D eigenvalue weighted by Crippen LogP contribution is 2.45. The molecule has 0 radical (unpaired) electrons. The molecule has 0 bridgehead atoms. The van der Waals surface area contributed by atoms with Gasteiger partial charge in [0, 0.05) is 11.2 Å². The van der Waals surface area contributed by atoms with Gasteiger partial charge in [0.2, 0.25) is 0 Å². The molecule has 0 unspecified atom stereocenters. The van der Waals surface area contributed by atoms with E-state index in [1.807, 2.05) is 13.8 Å². The Balaban J connectivity index is 2.64. The number of aliphatic carboxylic acids is 1. The molecule has 116 valence electrons. The van der Waals surface area contributed by atoms with Crippen molar-refractivity contribution in [2.24, 2.45) is 5.92 Å². The summed E-state index contributed by atoms with van der Waals surface area (Å²) in [6.45, 7) is 12.6. The summed E-state index contributed by atoms with van der Waals surface area (Å²) in [4.78, 5) is 14.0. The van der Waals surface area contributed by atoms with E-state index < -0.39 is 12.0 Å². The van der Waals surface area contributed by atoms with E-state index >= 15 is 0 Å². The minimum absolute atomic E-state index is 0.0588. The van der Waals surface area contributed by atoms with Crippen LogP contribution in [0.1, 0.15) is 58.1 Å². The number of carbonyl (C=O) groups is 1. The Bertz CT molecular complexity index is 548. The molecule has 0 spiro atoms. The van der Waals surface area contributed by atoms with Gasteiger partial charge in [-0.25, -0.2) is 4.79 Å². The number of benzene rings is 1. The largest absolute Gasteiger partial charge is 0.480 e. The van der Waals surface area contributed by atoms with Crippen molar-refractivity contribution in [2.45, 2.75) is 65.5 Å². The molecule has 0 saturated heterocycles. The van der Waals surface area contributed by atoms with E-state index in [1.54, 1.807) is 0 Å². The van der Waals surface area contributed by atoms with Gasteiger partial charge in [0.1, 0.15) is 6.04 Å². The predicted molar refractivity (Wildman–Crippen MR) is 87.0 cm³/mol. The molecule has 0 fully saturated rings. The van der Waals surface area contributed by atoms with Crippen molar-refractivity contribution < 1.29 is 9.90 Å². The molecule has 1 aromatic rings. The molecule has 2 rings (SSSR count). The molecule has 1 aliphatic rings. The van der Waals surface area contributed by atoms with Crippen molar-refractivity contribution in [3.05, 3.63) is 29.3 Å². The van der Waals surface area contributed by atoms with Crippen molar-refractivity contribution in [2.75, 3.05) is 4.90 Å². The summed E-state index contributed by atoms with van der Waals surface area (Å²) in [6, 6.07) is 5.94. The zero-order chi connectivity index (χ0) is 15.9. The lowest BCUT2D eigenvalue weighted by molar-refractivity contribution is -0.140.